The van der Waals surface area contributed by atoms with Crippen LogP contribution in [-0.4, -0.2) is 88.0 Å². The first kappa shape index (κ1) is 33.0. The van der Waals surface area contributed by atoms with Crippen LogP contribution in [0.25, 0.3) is 0 Å². The van der Waals surface area contributed by atoms with Crippen LogP contribution in [0.2, 0.25) is 0 Å². The smallest absolute Gasteiger partial charge is 0.219 e. The van der Waals surface area contributed by atoms with Crippen molar-refractivity contribution in [2.75, 3.05) is 49.5 Å². The molecule has 0 spiro atoms. The third kappa shape index (κ3) is 8.70. The Morgan fingerprint density at radius 2 is 1.87 bits per heavy atom. The molecule has 47 heavy (non-hydrogen) atoms. The van der Waals surface area contributed by atoms with Crippen LogP contribution in [0.5, 0.6) is 5.75 Å². The Balaban J connectivity index is 1.02. The maximum atomic E-state index is 13.5. The van der Waals surface area contributed by atoms with Gasteiger partial charge in [0.05, 0.1) is 11.8 Å². The number of ether oxygens (including phenoxy) is 1. The number of ketones is 1. The molecule has 1 aromatic carbocycles. The van der Waals surface area contributed by atoms with Gasteiger partial charge in [0.2, 0.25) is 5.91 Å². The molecule has 1 amide bonds. The van der Waals surface area contributed by atoms with Gasteiger partial charge in [-0.1, -0.05) is 6.07 Å². The zero-order valence-electron chi connectivity index (χ0n) is 27.7. The molecule has 1 atom stereocenters. The van der Waals surface area contributed by atoms with Crippen molar-refractivity contribution in [1.29, 1.82) is 0 Å². The number of aliphatic hydroxyl groups is 1. The lowest BCUT2D eigenvalue weighted by Gasteiger charge is -2.32. The lowest BCUT2D eigenvalue weighted by atomic mass is 9.98. The van der Waals surface area contributed by atoms with Gasteiger partial charge in [0.15, 0.2) is 17.9 Å². The Bertz CT molecular complexity index is 1530. The van der Waals surface area contributed by atoms with Gasteiger partial charge in [-0.15, -0.1) is 0 Å². The Kier molecular flexibility index (Phi) is 10.7. The fourth-order valence-corrected chi connectivity index (χ4v) is 6.86. The maximum Gasteiger partial charge on any atom is 0.219 e. The van der Waals surface area contributed by atoms with E-state index in [0.29, 0.717) is 31.0 Å². The van der Waals surface area contributed by atoms with Crippen molar-refractivity contribution >= 4 is 23.3 Å². The molecule has 252 valence electrons. The van der Waals surface area contributed by atoms with Gasteiger partial charge < -0.3 is 29.4 Å². The summed E-state index contributed by atoms with van der Waals surface area (Å²) in [4.78, 5) is 40.7. The summed E-state index contributed by atoms with van der Waals surface area (Å²) in [5, 5.41) is 14.5. The summed E-state index contributed by atoms with van der Waals surface area (Å²) in [7, 11) is 0. The average molecular weight is 645 g/mol. The van der Waals surface area contributed by atoms with Crippen molar-refractivity contribution in [2.45, 2.75) is 90.5 Å². The molecule has 0 unspecified atom stereocenters. The third-order valence-electron chi connectivity index (χ3n) is 9.76. The fourth-order valence-electron chi connectivity index (χ4n) is 6.86. The van der Waals surface area contributed by atoms with Gasteiger partial charge in [-0.05, 0) is 87.3 Å². The number of aryl methyl sites for hydroxylation is 1. The lowest BCUT2D eigenvalue weighted by molar-refractivity contribution is -0.129. The molecule has 2 N–H and O–H groups in total. The highest BCUT2D eigenvalue weighted by atomic mass is 16.5. The zero-order chi connectivity index (χ0) is 32.8. The highest BCUT2D eigenvalue weighted by molar-refractivity contribution is 5.97. The SMILES string of the molecule is CC(=O)N1CCC(Nc2cc(C(=O)CC[C@H](O)CN3CCc4cc(OCc5ocnc5C)ccc4C3)cc(N3CCCCC3)n2)CC1. The summed E-state index contributed by atoms with van der Waals surface area (Å²) in [6.45, 7) is 9.32. The van der Waals surface area contributed by atoms with E-state index in [1.54, 1.807) is 6.92 Å². The first-order chi connectivity index (χ1) is 22.8. The highest BCUT2D eigenvalue weighted by Crippen LogP contribution is 2.27. The molecule has 2 fully saturated rings. The number of nitrogens with zero attached hydrogens (tertiary/aromatic N) is 5. The normalized spacial score (nSPS) is 18.1. The van der Waals surface area contributed by atoms with E-state index in [9.17, 15) is 14.7 Å². The predicted octanol–water partition coefficient (Wildman–Crippen LogP) is 4.75. The summed E-state index contributed by atoms with van der Waals surface area (Å²) >= 11 is 0. The van der Waals surface area contributed by atoms with Crippen molar-refractivity contribution in [3.63, 3.8) is 0 Å². The second-order valence-corrected chi connectivity index (χ2v) is 13.3. The van der Waals surface area contributed by atoms with Gasteiger partial charge in [0.1, 0.15) is 24.0 Å². The number of nitrogens with one attached hydrogen (secondary N) is 1. The van der Waals surface area contributed by atoms with Crippen LogP contribution in [0.3, 0.4) is 0 Å². The number of fused-ring (bicyclic) bond motifs is 1. The van der Waals surface area contributed by atoms with Crippen LogP contribution in [0.4, 0.5) is 11.6 Å². The number of carbonyl (C=O) groups excluding carboxylic acids is 2. The van der Waals surface area contributed by atoms with Crippen LogP contribution in [0.15, 0.2) is 41.1 Å². The molecule has 5 heterocycles. The van der Waals surface area contributed by atoms with E-state index in [-0.39, 0.29) is 24.2 Å². The predicted molar refractivity (Wildman–Crippen MR) is 180 cm³/mol. The number of pyridine rings is 1. The molecule has 11 nitrogen and oxygen atoms in total. The maximum absolute atomic E-state index is 13.5. The van der Waals surface area contributed by atoms with Gasteiger partial charge in [0.25, 0.3) is 0 Å². The Hall–Kier alpha value is -3.96. The molecule has 2 aromatic heterocycles. The van der Waals surface area contributed by atoms with Crippen molar-refractivity contribution < 1.29 is 23.8 Å². The number of aromatic nitrogens is 2. The van der Waals surface area contributed by atoms with Crippen molar-refractivity contribution in [3.05, 3.63) is 64.9 Å². The molecular formula is C36H48N6O5. The minimum absolute atomic E-state index is 0.0243. The molecule has 3 aliphatic heterocycles. The molecule has 3 aliphatic rings. The quantitative estimate of drug-likeness (QED) is 0.267. The molecule has 6 rings (SSSR count). The largest absolute Gasteiger partial charge is 0.486 e. The number of anilines is 2. The number of rotatable bonds is 12. The number of benzene rings is 1. The number of hydrogen-bond acceptors (Lipinski definition) is 10. The number of likely N-dealkylation sites (tertiary alicyclic amines) is 1. The van der Waals surface area contributed by atoms with Crippen molar-refractivity contribution in [3.8, 4) is 5.75 Å². The van der Waals surface area contributed by atoms with Gasteiger partial charge in [-0.3, -0.25) is 14.5 Å². The van der Waals surface area contributed by atoms with Gasteiger partial charge in [0, 0.05) is 70.8 Å². The van der Waals surface area contributed by atoms with E-state index < -0.39 is 6.10 Å². The van der Waals surface area contributed by atoms with E-state index in [1.807, 2.05) is 30.0 Å². The summed E-state index contributed by atoms with van der Waals surface area (Å²) < 4.78 is 11.3. The average Bonchev–Trinajstić information content (AvgIpc) is 3.50. The van der Waals surface area contributed by atoms with Crippen LogP contribution in [0, 0.1) is 6.92 Å². The monoisotopic (exact) mass is 644 g/mol. The summed E-state index contributed by atoms with van der Waals surface area (Å²) in [6, 6.07) is 10.2. The molecule has 2 saturated heterocycles. The number of oxazole rings is 1. The molecule has 0 bridgehead atoms. The van der Waals surface area contributed by atoms with E-state index in [0.717, 1.165) is 94.4 Å². The molecule has 0 saturated carbocycles. The number of Topliss-reactive ketones (excluding diaryl/α,β-unsaturated/α-hetero) is 1. The molecule has 11 heteroatoms. The van der Waals surface area contributed by atoms with Gasteiger partial charge in [-0.2, -0.15) is 0 Å². The minimum Gasteiger partial charge on any atom is -0.486 e. The molecule has 0 aliphatic carbocycles. The summed E-state index contributed by atoms with van der Waals surface area (Å²) in [5.74, 6) is 3.23. The lowest BCUT2D eigenvalue weighted by Crippen LogP contribution is -2.41. The second kappa shape index (κ2) is 15.3. The number of amides is 1. The summed E-state index contributed by atoms with van der Waals surface area (Å²) in [5.41, 5.74) is 3.97. The highest BCUT2D eigenvalue weighted by Gasteiger charge is 2.24. The third-order valence-corrected chi connectivity index (χ3v) is 9.76. The van der Waals surface area contributed by atoms with E-state index in [1.165, 1.54) is 23.9 Å². The van der Waals surface area contributed by atoms with Gasteiger partial charge >= 0.3 is 0 Å². The molecular weight excluding hydrogens is 596 g/mol. The molecule has 0 radical (unpaired) electrons. The number of carbonyl (C=O) groups is 2. The number of aliphatic hydroxyl groups excluding tert-OH is 1. The Morgan fingerprint density at radius 3 is 2.62 bits per heavy atom. The van der Waals surface area contributed by atoms with Crippen LogP contribution >= 0.6 is 0 Å². The number of β-amino-alcohol motifs (C(OH)–C–C–N with tert-alkyl or cyclic N) is 1. The van der Waals surface area contributed by atoms with Gasteiger partial charge in [-0.25, -0.2) is 9.97 Å². The van der Waals surface area contributed by atoms with Crippen LogP contribution in [-0.2, 0) is 24.4 Å². The number of hydrogen-bond donors (Lipinski definition) is 2. The topological polar surface area (TPSA) is 124 Å². The Morgan fingerprint density at radius 1 is 1.06 bits per heavy atom. The van der Waals surface area contributed by atoms with Crippen LogP contribution < -0.4 is 15.0 Å². The first-order valence-electron chi connectivity index (χ1n) is 17.2. The standard InChI is InChI=1S/C36H48N6O5/c1-25-34(47-24-37-25)23-46-32-8-6-28-21-40(15-10-27(28)18-32)22-31(44)7-9-33(45)29-19-35(38-30-11-16-41(17-12-30)26(2)43)39-36(20-29)42-13-4-3-5-14-42/h6,8,18-20,24,30-31,44H,3-5,7,9-17,21-23H2,1-2H3,(H,38,39)/t31-/m0/s1. The first-order valence-corrected chi connectivity index (χ1v) is 17.2. The molecule has 3 aromatic rings. The number of piperidine rings is 2. The van der Waals surface area contributed by atoms with Crippen molar-refractivity contribution in [2.24, 2.45) is 0 Å². The van der Waals surface area contributed by atoms with Crippen LogP contribution in [0.1, 0.15) is 84.8 Å². The second-order valence-electron chi connectivity index (χ2n) is 13.3. The van der Waals surface area contributed by atoms with E-state index in [2.05, 4.69) is 32.2 Å². The summed E-state index contributed by atoms with van der Waals surface area (Å²) in [6.07, 6.45) is 7.56. The fraction of sp³-hybridized carbons (Fsp3) is 0.556. The van der Waals surface area contributed by atoms with E-state index >= 15 is 0 Å². The Labute approximate surface area is 277 Å². The zero-order valence-corrected chi connectivity index (χ0v) is 27.7. The minimum atomic E-state index is -0.597. The van der Waals surface area contributed by atoms with Crippen molar-refractivity contribution in [1.82, 2.24) is 19.8 Å². The van der Waals surface area contributed by atoms with E-state index in [4.69, 9.17) is 14.1 Å².